The fourth-order valence-corrected chi connectivity index (χ4v) is 2.36. The molecule has 0 atom stereocenters. The Morgan fingerprint density at radius 2 is 1.90 bits per heavy atom. The number of fused-ring (bicyclic) bond motifs is 1. The zero-order valence-electron chi connectivity index (χ0n) is 11.1. The Morgan fingerprint density at radius 1 is 1.15 bits per heavy atom. The molecule has 3 aromatic rings. The third-order valence-electron chi connectivity index (χ3n) is 3.17. The zero-order valence-corrected chi connectivity index (χ0v) is 11.9. The number of hydrogen-bond acceptors (Lipinski definition) is 2. The first-order valence-electron chi connectivity index (χ1n) is 6.53. The van der Waals surface area contributed by atoms with Crippen LogP contribution in [0.3, 0.4) is 0 Å². The number of benzene rings is 2. The molecule has 2 aromatic carbocycles. The standard InChI is InChI=1S/C16H14ClN3/c1-2-20-15-10-6-5-9-14(15)19-16(20)18-11-12-7-3-4-8-13(12)17/h3-11H,2H2,1H3/b18-11+. The number of imidazole rings is 1. The predicted molar refractivity (Wildman–Crippen MR) is 84.1 cm³/mol. The van der Waals surface area contributed by atoms with E-state index in [4.69, 9.17) is 11.6 Å². The van der Waals surface area contributed by atoms with Crippen LogP contribution in [0.2, 0.25) is 5.02 Å². The van der Waals surface area contributed by atoms with Gasteiger partial charge in [-0.2, -0.15) is 0 Å². The van der Waals surface area contributed by atoms with Crippen molar-refractivity contribution < 1.29 is 0 Å². The van der Waals surface area contributed by atoms with E-state index in [2.05, 4.69) is 27.5 Å². The van der Waals surface area contributed by atoms with Crippen molar-refractivity contribution in [3.63, 3.8) is 0 Å². The lowest BCUT2D eigenvalue weighted by molar-refractivity contribution is 0.790. The Morgan fingerprint density at radius 3 is 2.70 bits per heavy atom. The summed E-state index contributed by atoms with van der Waals surface area (Å²) >= 11 is 6.12. The van der Waals surface area contributed by atoms with Crippen LogP contribution in [0.1, 0.15) is 12.5 Å². The van der Waals surface area contributed by atoms with Gasteiger partial charge in [-0.3, -0.25) is 0 Å². The van der Waals surface area contributed by atoms with E-state index in [-0.39, 0.29) is 0 Å². The normalized spacial score (nSPS) is 11.5. The summed E-state index contributed by atoms with van der Waals surface area (Å²) in [6, 6.07) is 15.7. The molecule has 3 nitrogen and oxygen atoms in total. The lowest BCUT2D eigenvalue weighted by Gasteiger charge is -2.01. The van der Waals surface area contributed by atoms with E-state index in [1.807, 2.05) is 42.5 Å². The molecule has 0 bridgehead atoms. The molecule has 0 aliphatic rings. The van der Waals surface area contributed by atoms with Crippen LogP contribution in [0.25, 0.3) is 11.0 Å². The van der Waals surface area contributed by atoms with Gasteiger partial charge in [0.1, 0.15) is 0 Å². The minimum Gasteiger partial charge on any atom is -0.309 e. The highest BCUT2D eigenvalue weighted by Gasteiger charge is 2.07. The number of aryl methyl sites for hydroxylation is 1. The average molecular weight is 284 g/mol. The highest BCUT2D eigenvalue weighted by Crippen LogP contribution is 2.22. The Kier molecular flexibility index (Phi) is 3.52. The lowest BCUT2D eigenvalue weighted by atomic mass is 10.2. The van der Waals surface area contributed by atoms with Crippen LogP contribution < -0.4 is 0 Å². The summed E-state index contributed by atoms with van der Waals surface area (Å²) in [5.41, 5.74) is 2.95. The number of hydrogen-bond donors (Lipinski definition) is 0. The topological polar surface area (TPSA) is 30.2 Å². The van der Waals surface area contributed by atoms with Gasteiger partial charge in [0, 0.05) is 23.3 Å². The van der Waals surface area contributed by atoms with Crippen molar-refractivity contribution in [3.8, 4) is 0 Å². The molecule has 100 valence electrons. The molecular weight excluding hydrogens is 270 g/mol. The van der Waals surface area contributed by atoms with Gasteiger partial charge in [-0.25, -0.2) is 9.98 Å². The van der Waals surface area contributed by atoms with Gasteiger partial charge in [-0.05, 0) is 25.1 Å². The maximum absolute atomic E-state index is 6.12. The lowest BCUT2D eigenvalue weighted by Crippen LogP contribution is -1.93. The minimum absolute atomic E-state index is 0.690. The SMILES string of the molecule is CCn1c(/N=C/c2ccccc2Cl)nc2ccccc21. The number of para-hydroxylation sites is 2. The molecule has 0 unspecified atom stereocenters. The molecule has 0 spiro atoms. The minimum atomic E-state index is 0.690. The molecule has 4 heteroatoms. The summed E-state index contributed by atoms with van der Waals surface area (Å²) in [5, 5.41) is 0.690. The number of nitrogens with zero attached hydrogens (tertiary/aromatic N) is 3. The molecule has 0 aliphatic heterocycles. The van der Waals surface area contributed by atoms with Gasteiger partial charge in [-0.15, -0.1) is 0 Å². The fraction of sp³-hybridized carbons (Fsp3) is 0.125. The van der Waals surface area contributed by atoms with Crippen LogP contribution in [-0.4, -0.2) is 15.8 Å². The first-order valence-corrected chi connectivity index (χ1v) is 6.91. The molecule has 1 aromatic heterocycles. The summed E-state index contributed by atoms with van der Waals surface area (Å²) in [5.74, 6) is 0.702. The van der Waals surface area contributed by atoms with Crippen molar-refractivity contribution >= 4 is 34.8 Å². The van der Waals surface area contributed by atoms with E-state index < -0.39 is 0 Å². The number of aliphatic imine (C=N–C) groups is 1. The van der Waals surface area contributed by atoms with E-state index in [0.29, 0.717) is 11.0 Å². The first-order chi connectivity index (χ1) is 9.79. The summed E-state index contributed by atoms with van der Waals surface area (Å²) in [7, 11) is 0. The molecule has 0 amide bonds. The zero-order chi connectivity index (χ0) is 13.9. The highest BCUT2D eigenvalue weighted by molar-refractivity contribution is 6.33. The van der Waals surface area contributed by atoms with E-state index in [9.17, 15) is 0 Å². The average Bonchev–Trinajstić information content (AvgIpc) is 2.84. The summed E-state index contributed by atoms with van der Waals surface area (Å²) in [6.07, 6.45) is 1.76. The van der Waals surface area contributed by atoms with Crippen LogP contribution in [0, 0.1) is 0 Å². The molecule has 3 rings (SSSR count). The maximum atomic E-state index is 6.12. The molecule has 0 aliphatic carbocycles. The quantitative estimate of drug-likeness (QED) is 0.653. The van der Waals surface area contributed by atoms with Crippen molar-refractivity contribution in [2.24, 2.45) is 4.99 Å². The van der Waals surface area contributed by atoms with E-state index in [0.717, 1.165) is 23.1 Å². The van der Waals surface area contributed by atoms with Crippen LogP contribution in [0.15, 0.2) is 53.5 Å². The summed E-state index contributed by atoms with van der Waals surface area (Å²) in [6.45, 7) is 2.92. The number of halogens is 1. The van der Waals surface area contributed by atoms with Crippen molar-refractivity contribution in [1.29, 1.82) is 0 Å². The molecule has 0 fully saturated rings. The predicted octanol–water partition coefficient (Wildman–Crippen LogP) is 4.46. The second-order valence-electron chi connectivity index (χ2n) is 4.42. The van der Waals surface area contributed by atoms with Crippen LogP contribution >= 0.6 is 11.6 Å². The van der Waals surface area contributed by atoms with Crippen molar-refractivity contribution in [1.82, 2.24) is 9.55 Å². The molecular formula is C16H14ClN3. The van der Waals surface area contributed by atoms with E-state index in [1.165, 1.54) is 0 Å². The molecule has 0 saturated heterocycles. The van der Waals surface area contributed by atoms with Gasteiger partial charge >= 0.3 is 0 Å². The second-order valence-corrected chi connectivity index (χ2v) is 4.83. The van der Waals surface area contributed by atoms with Gasteiger partial charge < -0.3 is 4.57 Å². The fourth-order valence-electron chi connectivity index (χ4n) is 2.18. The van der Waals surface area contributed by atoms with Crippen LogP contribution in [0.5, 0.6) is 0 Å². The third kappa shape index (κ3) is 2.32. The summed E-state index contributed by atoms with van der Waals surface area (Å²) in [4.78, 5) is 9.04. The Bertz CT molecular complexity index is 774. The van der Waals surface area contributed by atoms with Crippen molar-refractivity contribution in [2.45, 2.75) is 13.5 Å². The molecule has 1 heterocycles. The van der Waals surface area contributed by atoms with Gasteiger partial charge in [-0.1, -0.05) is 41.9 Å². The van der Waals surface area contributed by atoms with Crippen molar-refractivity contribution in [2.75, 3.05) is 0 Å². The van der Waals surface area contributed by atoms with Crippen LogP contribution in [0.4, 0.5) is 5.95 Å². The Labute approximate surface area is 122 Å². The molecule has 20 heavy (non-hydrogen) atoms. The first kappa shape index (κ1) is 12.9. The van der Waals surface area contributed by atoms with Gasteiger partial charge in [0.15, 0.2) is 0 Å². The van der Waals surface area contributed by atoms with Crippen LogP contribution in [-0.2, 0) is 6.54 Å². The molecule has 0 radical (unpaired) electrons. The Balaban J connectivity index is 2.05. The van der Waals surface area contributed by atoms with E-state index in [1.54, 1.807) is 6.21 Å². The summed E-state index contributed by atoms with van der Waals surface area (Å²) < 4.78 is 2.09. The van der Waals surface area contributed by atoms with Gasteiger partial charge in [0.25, 0.3) is 0 Å². The maximum Gasteiger partial charge on any atom is 0.230 e. The second kappa shape index (κ2) is 5.47. The number of rotatable bonds is 3. The third-order valence-corrected chi connectivity index (χ3v) is 3.52. The van der Waals surface area contributed by atoms with Gasteiger partial charge in [0.2, 0.25) is 5.95 Å². The smallest absolute Gasteiger partial charge is 0.230 e. The largest absolute Gasteiger partial charge is 0.309 e. The highest BCUT2D eigenvalue weighted by atomic mass is 35.5. The molecule has 0 N–H and O–H groups in total. The number of aromatic nitrogens is 2. The Hall–Kier alpha value is -2.13. The van der Waals surface area contributed by atoms with Crippen molar-refractivity contribution in [3.05, 3.63) is 59.1 Å². The van der Waals surface area contributed by atoms with Gasteiger partial charge in [0.05, 0.1) is 11.0 Å². The molecule has 0 saturated carbocycles. The van der Waals surface area contributed by atoms with E-state index >= 15 is 0 Å². The monoisotopic (exact) mass is 283 g/mol.